The maximum Gasteiger partial charge on any atom is 0.311 e. The van der Waals surface area contributed by atoms with Crippen LogP contribution < -0.4 is 5.32 Å². The molecule has 5 nitrogen and oxygen atoms in total. The molecule has 6 heteroatoms. The Morgan fingerprint density at radius 3 is 2.58 bits per heavy atom. The Kier molecular flexibility index (Phi) is 5.71. The van der Waals surface area contributed by atoms with Crippen molar-refractivity contribution < 1.29 is 4.92 Å². The Hall–Kier alpha value is -2.66. The normalized spacial score (nSPS) is 11.1. The van der Waals surface area contributed by atoms with E-state index in [0.29, 0.717) is 10.7 Å². The zero-order valence-electron chi connectivity index (χ0n) is 13.7. The molecule has 2 aromatic rings. The number of nitrogens with zero attached hydrogens (tertiary/aromatic N) is 2. The molecule has 0 bridgehead atoms. The van der Waals surface area contributed by atoms with E-state index in [9.17, 15) is 10.1 Å². The second kappa shape index (κ2) is 7.75. The Bertz CT molecular complexity index is 825. The van der Waals surface area contributed by atoms with E-state index in [1.165, 1.54) is 6.07 Å². The number of hydrogen-bond donors (Lipinski definition) is 1. The summed E-state index contributed by atoms with van der Waals surface area (Å²) in [7, 11) is 0. The molecular weight excluding hydrogens is 326 g/mol. The molecule has 0 saturated carbocycles. The van der Waals surface area contributed by atoms with Crippen LogP contribution in [0.2, 0.25) is 5.02 Å². The third kappa shape index (κ3) is 4.67. The van der Waals surface area contributed by atoms with Gasteiger partial charge in [0.25, 0.3) is 0 Å². The maximum absolute atomic E-state index is 11.2. The number of aromatic nitrogens is 1. The minimum absolute atomic E-state index is 0.0780. The lowest BCUT2D eigenvalue weighted by Gasteiger charge is -2.09. The minimum Gasteiger partial charge on any atom is -0.338 e. The standard InChI is InChI=1S/C18H18ClN3O2/c1-12(2)7-8-13(3)20-18-17(22(23)24)10-9-16(21-18)14-5-4-6-15(19)11-14/h4-11H,1-3H3,(H,20,21)/b13-8+. The number of anilines is 1. The lowest BCUT2D eigenvalue weighted by molar-refractivity contribution is -0.384. The van der Waals surface area contributed by atoms with Gasteiger partial charge in [-0.25, -0.2) is 4.98 Å². The van der Waals surface area contributed by atoms with E-state index in [2.05, 4.69) is 10.3 Å². The highest BCUT2D eigenvalue weighted by atomic mass is 35.5. The van der Waals surface area contributed by atoms with Gasteiger partial charge < -0.3 is 5.32 Å². The fourth-order valence-corrected chi connectivity index (χ4v) is 2.21. The highest BCUT2D eigenvalue weighted by molar-refractivity contribution is 6.30. The van der Waals surface area contributed by atoms with E-state index in [1.807, 2.05) is 45.1 Å². The number of hydrogen-bond acceptors (Lipinski definition) is 4. The first-order chi connectivity index (χ1) is 11.4. The lowest BCUT2D eigenvalue weighted by Crippen LogP contribution is -2.03. The molecule has 0 aliphatic carbocycles. The van der Waals surface area contributed by atoms with E-state index in [-0.39, 0.29) is 11.5 Å². The van der Waals surface area contributed by atoms with Crippen LogP contribution in [0.15, 0.2) is 59.8 Å². The molecule has 0 atom stereocenters. The third-order valence-corrected chi connectivity index (χ3v) is 3.41. The van der Waals surface area contributed by atoms with E-state index >= 15 is 0 Å². The molecule has 0 radical (unpaired) electrons. The second-order valence-corrected chi connectivity index (χ2v) is 5.99. The zero-order valence-corrected chi connectivity index (χ0v) is 14.5. The molecule has 24 heavy (non-hydrogen) atoms. The van der Waals surface area contributed by atoms with Crippen molar-refractivity contribution in [3.8, 4) is 11.3 Å². The first-order valence-electron chi connectivity index (χ1n) is 7.37. The SMILES string of the molecule is CC(C)=C/C=C(\C)Nc1nc(-c2cccc(Cl)c2)ccc1[N+](=O)[O-]. The van der Waals surface area contributed by atoms with Crippen LogP contribution in [0.3, 0.4) is 0 Å². The van der Waals surface area contributed by atoms with Crippen molar-refractivity contribution in [2.75, 3.05) is 5.32 Å². The van der Waals surface area contributed by atoms with E-state index < -0.39 is 4.92 Å². The van der Waals surface area contributed by atoms with Crippen LogP contribution in [0, 0.1) is 10.1 Å². The van der Waals surface area contributed by atoms with Crippen LogP contribution in [0.4, 0.5) is 11.5 Å². The quantitative estimate of drug-likeness (QED) is 0.436. The van der Waals surface area contributed by atoms with Gasteiger partial charge in [0.05, 0.1) is 10.6 Å². The van der Waals surface area contributed by atoms with Crippen LogP contribution in [-0.2, 0) is 0 Å². The van der Waals surface area contributed by atoms with Gasteiger partial charge in [-0.2, -0.15) is 0 Å². The predicted molar refractivity (Wildman–Crippen MR) is 98.1 cm³/mol. The molecule has 0 unspecified atom stereocenters. The van der Waals surface area contributed by atoms with Crippen molar-refractivity contribution in [3.63, 3.8) is 0 Å². The minimum atomic E-state index is -0.453. The molecule has 1 N–H and O–H groups in total. The summed E-state index contributed by atoms with van der Waals surface area (Å²) in [6.45, 7) is 5.78. The first kappa shape index (κ1) is 17.7. The lowest BCUT2D eigenvalue weighted by atomic mass is 10.1. The number of rotatable bonds is 5. The first-order valence-corrected chi connectivity index (χ1v) is 7.75. The summed E-state index contributed by atoms with van der Waals surface area (Å²) in [5.74, 6) is 0.202. The average molecular weight is 344 g/mol. The number of allylic oxidation sites excluding steroid dienone is 4. The summed E-state index contributed by atoms with van der Waals surface area (Å²) < 4.78 is 0. The van der Waals surface area contributed by atoms with Crippen LogP contribution in [0.5, 0.6) is 0 Å². The monoisotopic (exact) mass is 343 g/mol. The molecule has 0 fully saturated rings. The Balaban J connectivity index is 2.44. The number of benzene rings is 1. The van der Waals surface area contributed by atoms with Gasteiger partial charge in [-0.1, -0.05) is 35.4 Å². The van der Waals surface area contributed by atoms with Crippen molar-refractivity contribution in [2.45, 2.75) is 20.8 Å². The molecule has 0 aliphatic rings. The van der Waals surface area contributed by atoms with Crippen LogP contribution in [0.1, 0.15) is 20.8 Å². The highest BCUT2D eigenvalue weighted by Crippen LogP contribution is 2.28. The van der Waals surface area contributed by atoms with E-state index in [0.717, 1.165) is 16.8 Å². The van der Waals surface area contributed by atoms with Gasteiger partial charge in [-0.05, 0) is 45.0 Å². The molecule has 0 aliphatic heterocycles. The van der Waals surface area contributed by atoms with Gasteiger partial charge in [-0.3, -0.25) is 10.1 Å². The van der Waals surface area contributed by atoms with Gasteiger partial charge in [0.1, 0.15) is 0 Å². The summed E-state index contributed by atoms with van der Waals surface area (Å²) in [4.78, 5) is 15.2. The summed E-state index contributed by atoms with van der Waals surface area (Å²) in [5.41, 5.74) is 3.22. The second-order valence-electron chi connectivity index (χ2n) is 5.55. The molecule has 0 amide bonds. The van der Waals surface area contributed by atoms with Gasteiger partial charge in [-0.15, -0.1) is 0 Å². The van der Waals surface area contributed by atoms with Crippen molar-refractivity contribution in [1.82, 2.24) is 4.98 Å². The Labute approximate surface area is 145 Å². The summed E-state index contributed by atoms with van der Waals surface area (Å²) in [6.07, 6.45) is 3.78. The van der Waals surface area contributed by atoms with Gasteiger partial charge in [0.2, 0.25) is 5.82 Å². The fourth-order valence-electron chi connectivity index (χ4n) is 2.02. The van der Waals surface area contributed by atoms with Crippen LogP contribution in [-0.4, -0.2) is 9.91 Å². The fraction of sp³-hybridized carbons (Fsp3) is 0.167. The predicted octanol–water partition coefficient (Wildman–Crippen LogP) is 5.59. The topological polar surface area (TPSA) is 68.1 Å². The maximum atomic E-state index is 11.2. The number of halogens is 1. The molecule has 124 valence electrons. The summed E-state index contributed by atoms with van der Waals surface area (Å²) >= 11 is 6.00. The molecule has 1 aromatic carbocycles. The van der Waals surface area contributed by atoms with Gasteiger partial charge >= 0.3 is 5.69 Å². The molecular formula is C18H18ClN3O2. The summed E-state index contributed by atoms with van der Waals surface area (Å²) in [6, 6.07) is 10.3. The van der Waals surface area contributed by atoms with Crippen molar-refractivity contribution >= 4 is 23.1 Å². The Morgan fingerprint density at radius 1 is 1.21 bits per heavy atom. The van der Waals surface area contributed by atoms with Crippen LogP contribution in [0.25, 0.3) is 11.3 Å². The average Bonchev–Trinajstić information content (AvgIpc) is 2.52. The number of nitro groups is 1. The smallest absolute Gasteiger partial charge is 0.311 e. The highest BCUT2D eigenvalue weighted by Gasteiger charge is 2.16. The van der Waals surface area contributed by atoms with Crippen molar-refractivity contribution in [1.29, 1.82) is 0 Å². The Morgan fingerprint density at radius 2 is 1.96 bits per heavy atom. The van der Waals surface area contributed by atoms with E-state index in [4.69, 9.17) is 11.6 Å². The largest absolute Gasteiger partial charge is 0.338 e. The molecule has 1 aromatic heterocycles. The van der Waals surface area contributed by atoms with Gasteiger partial charge in [0, 0.05) is 22.3 Å². The number of nitrogens with one attached hydrogen (secondary N) is 1. The third-order valence-electron chi connectivity index (χ3n) is 3.17. The number of pyridine rings is 1. The van der Waals surface area contributed by atoms with Crippen molar-refractivity contribution in [3.05, 3.63) is 75.0 Å². The molecule has 2 rings (SSSR count). The molecule has 0 spiro atoms. The van der Waals surface area contributed by atoms with Crippen molar-refractivity contribution in [2.24, 2.45) is 0 Å². The van der Waals surface area contributed by atoms with Crippen LogP contribution >= 0.6 is 11.6 Å². The molecule has 1 heterocycles. The van der Waals surface area contributed by atoms with Gasteiger partial charge in [0.15, 0.2) is 0 Å². The molecule has 0 saturated heterocycles. The summed E-state index contributed by atoms with van der Waals surface area (Å²) in [5, 5.41) is 14.8. The van der Waals surface area contributed by atoms with E-state index in [1.54, 1.807) is 18.2 Å². The zero-order chi connectivity index (χ0) is 17.7.